The van der Waals surface area contributed by atoms with E-state index in [1.54, 1.807) is 18.2 Å². The van der Waals surface area contributed by atoms with Crippen molar-refractivity contribution in [2.45, 2.75) is 18.9 Å². The summed E-state index contributed by atoms with van der Waals surface area (Å²) in [6.45, 7) is 0.428. The van der Waals surface area contributed by atoms with E-state index in [-0.39, 0.29) is 24.3 Å². The molecule has 0 saturated heterocycles. The molecular formula is C16H16Cl2FNO. The molecule has 1 atom stereocenters. The Balaban J connectivity index is 0.00000161. The summed E-state index contributed by atoms with van der Waals surface area (Å²) in [6, 6.07) is 10.5. The Morgan fingerprint density at radius 3 is 2.71 bits per heavy atom. The van der Waals surface area contributed by atoms with Crippen LogP contribution in [0.25, 0.3) is 11.1 Å². The number of hydrogen-bond acceptors (Lipinski definition) is 2. The molecule has 0 amide bonds. The molecule has 1 heterocycles. The van der Waals surface area contributed by atoms with Gasteiger partial charge in [-0.3, -0.25) is 0 Å². The van der Waals surface area contributed by atoms with Crippen molar-refractivity contribution in [1.82, 2.24) is 0 Å². The van der Waals surface area contributed by atoms with Gasteiger partial charge in [0.25, 0.3) is 0 Å². The first-order valence-corrected chi connectivity index (χ1v) is 7.01. The maximum absolute atomic E-state index is 14.3. The molecule has 0 aromatic heterocycles. The van der Waals surface area contributed by atoms with E-state index in [0.29, 0.717) is 28.4 Å². The molecule has 0 spiro atoms. The fraction of sp³-hybridized carbons (Fsp3) is 0.250. The first-order valence-electron chi connectivity index (χ1n) is 6.63. The van der Waals surface area contributed by atoms with Crippen LogP contribution in [0.5, 0.6) is 5.75 Å². The van der Waals surface area contributed by atoms with E-state index in [1.165, 1.54) is 6.07 Å². The molecule has 0 radical (unpaired) electrons. The Morgan fingerprint density at radius 2 is 2.00 bits per heavy atom. The van der Waals surface area contributed by atoms with Gasteiger partial charge < -0.3 is 10.5 Å². The molecule has 2 aromatic rings. The van der Waals surface area contributed by atoms with Gasteiger partial charge >= 0.3 is 0 Å². The van der Waals surface area contributed by atoms with Gasteiger partial charge in [0.1, 0.15) is 17.7 Å². The lowest BCUT2D eigenvalue weighted by Crippen LogP contribution is -2.30. The van der Waals surface area contributed by atoms with E-state index in [4.69, 9.17) is 22.1 Å². The van der Waals surface area contributed by atoms with Gasteiger partial charge in [0.15, 0.2) is 0 Å². The van der Waals surface area contributed by atoms with E-state index >= 15 is 0 Å². The SMILES string of the molecule is Cl.NC[C@H]1CCc2ccc(F)c(-c3ccccc3Cl)c2O1. The van der Waals surface area contributed by atoms with E-state index in [2.05, 4.69) is 0 Å². The first kappa shape index (κ1) is 16.1. The maximum atomic E-state index is 14.3. The van der Waals surface area contributed by atoms with Crippen molar-refractivity contribution in [1.29, 1.82) is 0 Å². The van der Waals surface area contributed by atoms with Gasteiger partial charge in [0.2, 0.25) is 0 Å². The molecule has 2 aromatic carbocycles. The van der Waals surface area contributed by atoms with Gasteiger partial charge in [-0.25, -0.2) is 4.39 Å². The number of rotatable bonds is 2. The summed E-state index contributed by atoms with van der Waals surface area (Å²) in [6.07, 6.45) is 1.64. The van der Waals surface area contributed by atoms with Crippen molar-refractivity contribution < 1.29 is 9.13 Å². The zero-order valence-corrected chi connectivity index (χ0v) is 12.9. The van der Waals surface area contributed by atoms with Crippen molar-refractivity contribution in [3.8, 4) is 16.9 Å². The lowest BCUT2D eigenvalue weighted by molar-refractivity contribution is 0.181. The lowest BCUT2D eigenvalue weighted by Gasteiger charge is -2.27. The second kappa shape index (κ2) is 6.65. The average Bonchev–Trinajstić information content (AvgIpc) is 2.48. The van der Waals surface area contributed by atoms with Crippen molar-refractivity contribution >= 4 is 24.0 Å². The summed E-state index contributed by atoms with van der Waals surface area (Å²) in [5.41, 5.74) is 7.77. The summed E-state index contributed by atoms with van der Waals surface area (Å²) >= 11 is 6.20. The fourth-order valence-corrected chi connectivity index (χ4v) is 2.79. The minimum absolute atomic E-state index is 0. The van der Waals surface area contributed by atoms with Gasteiger partial charge in [-0.15, -0.1) is 12.4 Å². The number of aryl methyl sites for hydroxylation is 1. The Labute approximate surface area is 134 Å². The maximum Gasteiger partial charge on any atom is 0.134 e. The molecule has 2 N–H and O–H groups in total. The van der Waals surface area contributed by atoms with E-state index in [0.717, 1.165) is 18.4 Å². The molecule has 0 aliphatic carbocycles. The highest BCUT2D eigenvalue weighted by molar-refractivity contribution is 6.33. The lowest BCUT2D eigenvalue weighted by atomic mass is 9.95. The normalized spacial score (nSPS) is 16.6. The molecule has 21 heavy (non-hydrogen) atoms. The summed E-state index contributed by atoms with van der Waals surface area (Å²) < 4.78 is 20.2. The van der Waals surface area contributed by atoms with Gasteiger partial charge in [-0.1, -0.05) is 35.9 Å². The average molecular weight is 328 g/mol. The van der Waals surface area contributed by atoms with Crippen LogP contribution in [-0.4, -0.2) is 12.6 Å². The number of halogens is 3. The Hall–Kier alpha value is -1.29. The molecule has 1 aliphatic rings. The van der Waals surface area contributed by atoms with Crippen LogP contribution in [0.4, 0.5) is 4.39 Å². The largest absolute Gasteiger partial charge is 0.488 e. The molecule has 112 valence electrons. The van der Waals surface area contributed by atoms with Crippen LogP contribution in [0.2, 0.25) is 5.02 Å². The molecule has 0 unspecified atom stereocenters. The second-order valence-electron chi connectivity index (χ2n) is 4.90. The molecule has 0 fully saturated rings. The van der Waals surface area contributed by atoms with Crippen LogP contribution in [0.3, 0.4) is 0 Å². The van der Waals surface area contributed by atoms with Gasteiger partial charge in [0, 0.05) is 17.1 Å². The Kier molecular flexibility index (Phi) is 5.09. The van der Waals surface area contributed by atoms with Crippen molar-refractivity contribution in [2.75, 3.05) is 6.54 Å². The summed E-state index contributed by atoms with van der Waals surface area (Å²) in [7, 11) is 0. The van der Waals surface area contributed by atoms with Crippen LogP contribution in [0.1, 0.15) is 12.0 Å². The Bertz CT molecular complexity index is 648. The number of benzene rings is 2. The predicted molar refractivity (Wildman–Crippen MR) is 85.9 cm³/mol. The molecule has 0 bridgehead atoms. The summed E-state index contributed by atoms with van der Waals surface area (Å²) in [5.74, 6) is 0.259. The number of hydrogen-bond donors (Lipinski definition) is 1. The molecule has 2 nitrogen and oxygen atoms in total. The van der Waals surface area contributed by atoms with Crippen molar-refractivity contribution in [2.24, 2.45) is 5.73 Å². The highest BCUT2D eigenvalue weighted by Gasteiger charge is 2.25. The molecule has 5 heteroatoms. The van der Waals surface area contributed by atoms with E-state index in [1.807, 2.05) is 12.1 Å². The quantitative estimate of drug-likeness (QED) is 0.896. The molecule has 0 saturated carbocycles. The molecular weight excluding hydrogens is 312 g/mol. The minimum Gasteiger partial charge on any atom is -0.488 e. The monoisotopic (exact) mass is 327 g/mol. The Morgan fingerprint density at radius 1 is 1.24 bits per heavy atom. The number of fused-ring (bicyclic) bond motifs is 1. The first-order chi connectivity index (χ1) is 9.70. The highest BCUT2D eigenvalue weighted by Crippen LogP contribution is 2.41. The van der Waals surface area contributed by atoms with Crippen LogP contribution >= 0.6 is 24.0 Å². The van der Waals surface area contributed by atoms with Crippen LogP contribution in [0, 0.1) is 5.82 Å². The van der Waals surface area contributed by atoms with Gasteiger partial charge in [0.05, 0.1) is 5.56 Å². The van der Waals surface area contributed by atoms with Crippen LogP contribution < -0.4 is 10.5 Å². The standard InChI is InChI=1S/C16H15ClFNO.ClH/c17-13-4-2-1-3-12(13)15-14(18)8-6-10-5-7-11(9-19)20-16(10)15;/h1-4,6,8,11H,5,7,9,19H2;1H/t11-;/m1./s1. The summed E-state index contributed by atoms with van der Waals surface area (Å²) in [4.78, 5) is 0. The van der Waals surface area contributed by atoms with Crippen molar-refractivity contribution in [3.05, 3.63) is 52.8 Å². The summed E-state index contributed by atoms with van der Waals surface area (Å²) in [5, 5.41) is 0.512. The molecule has 3 rings (SSSR count). The number of ether oxygens (including phenoxy) is 1. The second-order valence-corrected chi connectivity index (χ2v) is 5.31. The zero-order valence-electron chi connectivity index (χ0n) is 11.3. The third-order valence-corrected chi connectivity index (χ3v) is 3.94. The third-order valence-electron chi connectivity index (χ3n) is 3.61. The van der Waals surface area contributed by atoms with Crippen LogP contribution in [0.15, 0.2) is 36.4 Å². The predicted octanol–water partition coefficient (Wildman–Crippen LogP) is 4.22. The smallest absolute Gasteiger partial charge is 0.134 e. The zero-order chi connectivity index (χ0) is 14.1. The topological polar surface area (TPSA) is 35.2 Å². The fourth-order valence-electron chi connectivity index (χ4n) is 2.56. The van der Waals surface area contributed by atoms with Crippen LogP contribution in [-0.2, 0) is 6.42 Å². The number of nitrogens with two attached hydrogens (primary N) is 1. The van der Waals surface area contributed by atoms with E-state index in [9.17, 15) is 4.39 Å². The highest BCUT2D eigenvalue weighted by atomic mass is 35.5. The third kappa shape index (κ3) is 3.00. The minimum atomic E-state index is -0.325. The van der Waals surface area contributed by atoms with E-state index < -0.39 is 0 Å². The van der Waals surface area contributed by atoms with Gasteiger partial charge in [-0.2, -0.15) is 0 Å². The van der Waals surface area contributed by atoms with Gasteiger partial charge in [-0.05, 0) is 30.5 Å². The van der Waals surface area contributed by atoms with Crippen molar-refractivity contribution in [3.63, 3.8) is 0 Å². The molecule has 1 aliphatic heterocycles.